The van der Waals surface area contributed by atoms with E-state index in [1.54, 1.807) is 0 Å². The van der Waals surface area contributed by atoms with Gasteiger partial charge in [0, 0.05) is 6.42 Å². The molecule has 0 aliphatic heterocycles. The molecule has 1 atom stereocenters. The third-order valence-corrected chi connectivity index (χ3v) is 2.28. The summed E-state index contributed by atoms with van der Waals surface area (Å²) in [6.45, 7) is 4.00. The van der Waals surface area contributed by atoms with E-state index in [1.807, 2.05) is 0 Å². The first-order chi connectivity index (χ1) is 7.63. The van der Waals surface area contributed by atoms with Gasteiger partial charge in [-0.25, -0.2) is 9.59 Å². The Morgan fingerprint density at radius 2 is 2.31 bits per heavy atom. The maximum absolute atomic E-state index is 11.2. The normalized spacial score (nSPS) is 13.3. The topological polar surface area (TPSA) is 105 Å². The van der Waals surface area contributed by atoms with Gasteiger partial charge in [0.1, 0.15) is 0 Å². The molecule has 6 nitrogen and oxygen atoms in total. The number of carbonyl (C=O) groups is 1. The molecule has 0 radical (unpaired) electrons. The number of hydrogen-bond donors (Lipinski definition) is 3. The quantitative estimate of drug-likeness (QED) is 0.173. The summed E-state index contributed by atoms with van der Waals surface area (Å²) in [5.74, 6) is -1.07. The Labute approximate surface area is 94.2 Å². The zero-order valence-corrected chi connectivity index (χ0v) is 9.11. The summed E-state index contributed by atoms with van der Waals surface area (Å²) in [6.07, 6.45) is 4.61. The molecule has 16 heavy (non-hydrogen) atoms. The first kappa shape index (κ1) is 14.3. The van der Waals surface area contributed by atoms with E-state index < -0.39 is 11.5 Å². The number of unbranched alkanes of at least 4 members (excludes halogenated alkanes) is 1. The fourth-order valence-corrected chi connectivity index (χ4v) is 1.39. The number of carbonyl (C=O) groups excluding carboxylic acids is 1. The Kier molecular flexibility index (Phi) is 6.83. The third-order valence-electron chi connectivity index (χ3n) is 2.28. The minimum absolute atomic E-state index is 0.179. The molecule has 0 saturated carbocycles. The Morgan fingerprint density at radius 3 is 2.75 bits per heavy atom. The van der Waals surface area contributed by atoms with Gasteiger partial charge in [0.25, 0.3) is 6.08 Å². The molecule has 0 bridgehead atoms. The highest BCUT2D eigenvalue weighted by molar-refractivity contribution is 5.79. The van der Waals surface area contributed by atoms with Crippen LogP contribution in [0.1, 0.15) is 25.7 Å². The van der Waals surface area contributed by atoms with Crippen molar-refractivity contribution < 1.29 is 14.7 Å². The van der Waals surface area contributed by atoms with Gasteiger partial charge in [-0.1, -0.05) is 11.2 Å². The average molecular weight is 227 g/mol. The second-order valence-electron chi connectivity index (χ2n) is 3.44. The van der Waals surface area contributed by atoms with Crippen molar-refractivity contribution >= 4 is 12.0 Å². The van der Waals surface area contributed by atoms with Crippen molar-refractivity contribution in [2.75, 3.05) is 6.54 Å². The van der Waals surface area contributed by atoms with Crippen LogP contribution in [0.3, 0.4) is 0 Å². The van der Waals surface area contributed by atoms with Gasteiger partial charge in [0.05, 0.1) is 0 Å². The summed E-state index contributed by atoms with van der Waals surface area (Å²) in [5, 5.41) is 12.3. The number of aliphatic carboxylic acids is 1. The molecule has 0 saturated heterocycles. The van der Waals surface area contributed by atoms with Crippen molar-refractivity contribution in [3.05, 3.63) is 12.7 Å². The molecule has 0 heterocycles. The lowest BCUT2D eigenvalue weighted by Gasteiger charge is -2.26. The lowest BCUT2D eigenvalue weighted by molar-refractivity contribution is -0.145. The number of rotatable bonds is 9. The van der Waals surface area contributed by atoms with Crippen molar-refractivity contribution in [3.63, 3.8) is 0 Å². The van der Waals surface area contributed by atoms with Crippen LogP contribution in [0, 0.1) is 0 Å². The molecule has 4 N–H and O–H groups in total. The fourth-order valence-electron chi connectivity index (χ4n) is 1.39. The van der Waals surface area contributed by atoms with Crippen molar-refractivity contribution in [2.24, 2.45) is 10.8 Å². The minimum atomic E-state index is -1.28. The summed E-state index contributed by atoms with van der Waals surface area (Å²) in [5.41, 5.74) is 6.38. The molecule has 0 rings (SSSR count). The first-order valence-corrected chi connectivity index (χ1v) is 5.01. The number of nitrogens with zero attached hydrogens (tertiary/aromatic N) is 1. The largest absolute Gasteiger partial charge is 0.479 e. The molecule has 0 aliphatic carbocycles. The molecule has 0 spiro atoms. The van der Waals surface area contributed by atoms with Gasteiger partial charge < -0.3 is 10.8 Å². The molecule has 0 aliphatic rings. The fraction of sp³-hybridized carbons (Fsp3) is 0.600. The van der Waals surface area contributed by atoms with E-state index in [9.17, 15) is 9.59 Å². The maximum atomic E-state index is 11.2. The van der Waals surface area contributed by atoms with Crippen LogP contribution in [0.4, 0.5) is 0 Å². The van der Waals surface area contributed by atoms with Gasteiger partial charge in [0.15, 0.2) is 5.54 Å². The van der Waals surface area contributed by atoms with E-state index in [0.717, 1.165) is 6.42 Å². The number of isocyanates is 1. The maximum Gasteiger partial charge on any atom is 0.331 e. The predicted octanol–water partition coefficient (Wildman–Crippen LogP) is 0.355. The van der Waals surface area contributed by atoms with E-state index in [-0.39, 0.29) is 6.42 Å². The Bertz CT molecular complexity index is 287. The van der Waals surface area contributed by atoms with Crippen LogP contribution in [-0.2, 0) is 9.59 Å². The van der Waals surface area contributed by atoms with Gasteiger partial charge in [-0.2, -0.15) is 0 Å². The summed E-state index contributed by atoms with van der Waals surface area (Å²) in [6, 6.07) is 0. The molecule has 0 amide bonds. The second kappa shape index (κ2) is 7.62. The van der Waals surface area contributed by atoms with Crippen LogP contribution >= 0.6 is 0 Å². The number of nitrogens with two attached hydrogens (primary N) is 1. The zero-order valence-electron chi connectivity index (χ0n) is 9.11. The van der Waals surface area contributed by atoms with Gasteiger partial charge in [0.2, 0.25) is 0 Å². The van der Waals surface area contributed by atoms with Crippen LogP contribution in [0.25, 0.3) is 0 Å². The molecular formula is C10H17N3O3. The third kappa shape index (κ3) is 4.25. The van der Waals surface area contributed by atoms with Crippen molar-refractivity contribution in [2.45, 2.75) is 31.2 Å². The van der Waals surface area contributed by atoms with Crippen LogP contribution in [0.15, 0.2) is 17.8 Å². The van der Waals surface area contributed by atoms with Crippen molar-refractivity contribution in [3.8, 4) is 0 Å². The lowest BCUT2D eigenvalue weighted by atomic mass is 9.90. The molecule has 0 aromatic carbocycles. The zero-order chi connectivity index (χ0) is 12.4. The summed E-state index contributed by atoms with van der Waals surface area (Å²) >= 11 is 0. The monoisotopic (exact) mass is 227 g/mol. The molecule has 0 aromatic rings. The van der Waals surface area contributed by atoms with Crippen LogP contribution in [-0.4, -0.2) is 29.2 Å². The number of carboxylic acid groups (broad SMARTS) is 1. The van der Waals surface area contributed by atoms with Crippen LogP contribution < -0.4 is 11.2 Å². The van der Waals surface area contributed by atoms with E-state index in [4.69, 9.17) is 10.8 Å². The van der Waals surface area contributed by atoms with E-state index in [0.29, 0.717) is 19.4 Å². The SMILES string of the molecule is C=CC[C@@](CCCCN)(NN=C=O)C(=O)O. The molecule has 0 unspecified atom stereocenters. The molecule has 0 fully saturated rings. The number of hydrogen-bond acceptors (Lipinski definition) is 5. The van der Waals surface area contributed by atoms with Gasteiger partial charge in [-0.05, 0) is 25.8 Å². The summed E-state index contributed by atoms with van der Waals surface area (Å²) < 4.78 is 0. The predicted molar refractivity (Wildman–Crippen MR) is 59.3 cm³/mol. The highest BCUT2D eigenvalue weighted by atomic mass is 16.4. The lowest BCUT2D eigenvalue weighted by Crippen LogP contribution is -2.49. The Balaban J connectivity index is 4.69. The highest BCUT2D eigenvalue weighted by Crippen LogP contribution is 2.20. The van der Waals surface area contributed by atoms with Crippen LogP contribution in [0.2, 0.25) is 0 Å². The van der Waals surface area contributed by atoms with E-state index in [1.165, 1.54) is 12.2 Å². The smallest absolute Gasteiger partial charge is 0.331 e. The minimum Gasteiger partial charge on any atom is -0.479 e. The first-order valence-electron chi connectivity index (χ1n) is 5.01. The van der Waals surface area contributed by atoms with Crippen molar-refractivity contribution in [1.82, 2.24) is 5.43 Å². The number of nitrogens with one attached hydrogen (secondary N) is 1. The average Bonchev–Trinajstić information content (AvgIpc) is 2.26. The number of hydrazone groups is 1. The Morgan fingerprint density at radius 1 is 1.62 bits per heavy atom. The summed E-state index contributed by atoms with van der Waals surface area (Å²) in [7, 11) is 0. The van der Waals surface area contributed by atoms with E-state index >= 15 is 0 Å². The van der Waals surface area contributed by atoms with Crippen LogP contribution in [0.5, 0.6) is 0 Å². The van der Waals surface area contributed by atoms with Gasteiger partial charge in [-0.3, -0.25) is 5.43 Å². The summed E-state index contributed by atoms with van der Waals surface area (Å²) in [4.78, 5) is 21.2. The van der Waals surface area contributed by atoms with E-state index in [2.05, 4.69) is 17.1 Å². The van der Waals surface area contributed by atoms with Gasteiger partial charge >= 0.3 is 5.97 Å². The van der Waals surface area contributed by atoms with Crippen molar-refractivity contribution in [1.29, 1.82) is 0 Å². The Hall–Kier alpha value is -1.65. The standard InChI is InChI=1S/C10H17N3O3/c1-2-5-10(9(15)16,13-12-8-14)6-3-4-7-11/h2,13H,1,3-7,11H2,(H,15,16)/t10-/m0/s1. The number of carboxylic acids is 1. The van der Waals surface area contributed by atoms with Gasteiger partial charge in [-0.15, -0.1) is 6.58 Å². The molecule has 6 heteroatoms. The second-order valence-corrected chi connectivity index (χ2v) is 3.44. The molecular weight excluding hydrogens is 210 g/mol. The molecule has 0 aromatic heterocycles. The highest BCUT2D eigenvalue weighted by Gasteiger charge is 2.36. The molecule has 90 valence electrons.